The van der Waals surface area contributed by atoms with Crippen LogP contribution in [0.15, 0.2) is 0 Å². The minimum atomic E-state index is -0.833. The molecule has 3 heteroatoms. The summed E-state index contributed by atoms with van der Waals surface area (Å²) in [6.07, 6.45) is 1.22. The molecule has 0 rings (SSSR count). The van der Waals surface area contributed by atoms with Gasteiger partial charge in [0.05, 0.1) is 0 Å². The van der Waals surface area contributed by atoms with Gasteiger partial charge in [0, 0.05) is 11.8 Å². The summed E-state index contributed by atoms with van der Waals surface area (Å²) in [5.41, 5.74) is 0. The van der Waals surface area contributed by atoms with E-state index in [9.17, 15) is 0 Å². The molecule has 1 N–H and O–H groups in total. The molecule has 0 radical (unpaired) electrons. The van der Waals surface area contributed by atoms with Crippen molar-refractivity contribution in [3.8, 4) is 0 Å². The van der Waals surface area contributed by atoms with Crippen LogP contribution in [-0.2, 0) is 4.79 Å². The molecule has 0 aliphatic heterocycles. The quantitative estimate of drug-likeness (QED) is 0.654. The van der Waals surface area contributed by atoms with Crippen LogP contribution in [0.4, 0.5) is 0 Å². The molecule has 1 atom stereocenters. The zero-order valence-corrected chi connectivity index (χ0v) is 7.60. The van der Waals surface area contributed by atoms with Crippen LogP contribution in [0.3, 0.4) is 0 Å². The summed E-state index contributed by atoms with van der Waals surface area (Å²) in [7, 11) is 0. The Bertz CT molecular complexity index is 67.5. The van der Waals surface area contributed by atoms with Crippen LogP contribution >= 0.6 is 15.9 Å². The zero-order valence-electron chi connectivity index (χ0n) is 6.02. The van der Waals surface area contributed by atoms with Gasteiger partial charge in [-0.1, -0.05) is 29.8 Å². The van der Waals surface area contributed by atoms with Gasteiger partial charge in [-0.05, 0) is 6.42 Å². The molecule has 0 saturated heterocycles. The lowest BCUT2D eigenvalue weighted by molar-refractivity contribution is -0.134. The van der Waals surface area contributed by atoms with Gasteiger partial charge in [0.25, 0.3) is 5.97 Å². The SMILES string of the molecule is CC(=O)O.CCC(C)Br. The fraction of sp³-hybridized carbons (Fsp3) is 0.833. The van der Waals surface area contributed by atoms with Gasteiger partial charge in [-0.15, -0.1) is 0 Å². The van der Waals surface area contributed by atoms with Crippen molar-refractivity contribution >= 4 is 21.9 Å². The number of rotatable bonds is 1. The molecule has 0 aromatic heterocycles. The normalized spacial score (nSPS) is 11.1. The number of aliphatic carboxylic acids is 1. The highest BCUT2D eigenvalue weighted by Gasteiger charge is 1.82. The molecule has 0 heterocycles. The molecule has 0 saturated carbocycles. The van der Waals surface area contributed by atoms with Gasteiger partial charge in [-0.25, -0.2) is 0 Å². The Morgan fingerprint density at radius 1 is 1.78 bits per heavy atom. The number of carboxylic acids is 1. The summed E-state index contributed by atoms with van der Waals surface area (Å²) >= 11 is 3.37. The first kappa shape index (κ1) is 11.7. The van der Waals surface area contributed by atoms with Crippen molar-refractivity contribution in [1.82, 2.24) is 0 Å². The Balaban J connectivity index is 0. The monoisotopic (exact) mass is 196 g/mol. The number of halogens is 1. The van der Waals surface area contributed by atoms with Crippen LogP contribution in [0.2, 0.25) is 0 Å². The van der Waals surface area contributed by atoms with Crippen LogP contribution in [0.5, 0.6) is 0 Å². The maximum absolute atomic E-state index is 9.00. The molecule has 0 amide bonds. The van der Waals surface area contributed by atoms with Gasteiger partial charge in [0.1, 0.15) is 0 Å². The van der Waals surface area contributed by atoms with Crippen LogP contribution in [0.25, 0.3) is 0 Å². The van der Waals surface area contributed by atoms with E-state index in [0.717, 1.165) is 6.92 Å². The first-order chi connectivity index (χ1) is 4.00. The smallest absolute Gasteiger partial charge is 0.300 e. The van der Waals surface area contributed by atoms with Crippen LogP contribution in [-0.4, -0.2) is 15.9 Å². The van der Waals surface area contributed by atoms with Crippen molar-refractivity contribution in [1.29, 1.82) is 0 Å². The molecular weight excluding hydrogens is 184 g/mol. The standard InChI is InChI=1S/C4H9Br.C2H4O2/c1-3-4(2)5;1-2(3)4/h4H,3H2,1-2H3;1H3,(H,3,4). The number of carboxylic acid groups (broad SMARTS) is 1. The van der Waals surface area contributed by atoms with E-state index in [1.165, 1.54) is 6.42 Å². The third-order valence-electron chi connectivity index (χ3n) is 0.563. The van der Waals surface area contributed by atoms with Crippen molar-refractivity contribution in [2.45, 2.75) is 32.0 Å². The largest absolute Gasteiger partial charge is 0.481 e. The fourth-order valence-electron chi connectivity index (χ4n) is 0. The maximum Gasteiger partial charge on any atom is 0.300 e. The Morgan fingerprint density at radius 3 is 1.89 bits per heavy atom. The summed E-state index contributed by atoms with van der Waals surface area (Å²) in [5.74, 6) is -0.833. The van der Waals surface area contributed by atoms with Crippen LogP contribution in [0, 0.1) is 0 Å². The summed E-state index contributed by atoms with van der Waals surface area (Å²) in [5, 5.41) is 7.42. The molecular formula is C6H13BrO2. The van der Waals surface area contributed by atoms with E-state index < -0.39 is 5.97 Å². The zero-order chi connectivity index (χ0) is 7.86. The first-order valence-electron chi connectivity index (χ1n) is 2.84. The van der Waals surface area contributed by atoms with E-state index in [2.05, 4.69) is 29.8 Å². The van der Waals surface area contributed by atoms with Crippen molar-refractivity contribution in [3.63, 3.8) is 0 Å². The summed E-state index contributed by atoms with van der Waals surface area (Å²) < 4.78 is 0. The second-order valence-electron chi connectivity index (χ2n) is 1.71. The average molecular weight is 197 g/mol. The van der Waals surface area contributed by atoms with E-state index in [1.54, 1.807) is 0 Å². The second-order valence-corrected chi connectivity index (χ2v) is 3.27. The predicted octanol–water partition coefficient (Wildman–Crippen LogP) is 2.27. The highest BCUT2D eigenvalue weighted by Crippen LogP contribution is 1.99. The van der Waals surface area contributed by atoms with E-state index in [4.69, 9.17) is 9.90 Å². The Hall–Kier alpha value is -0.0500. The highest BCUT2D eigenvalue weighted by atomic mass is 79.9. The summed E-state index contributed by atoms with van der Waals surface area (Å²) in [6, 6.07) is 0. The van der Waals surface area contributed by atoms with Crippen LogP contribution < -0.4 is 0 Å². The van der Waals surface area contributed by atoms with E-state index in [0.29, 0.717) is 4.83 Å². The van der Waals surface area contributed by atoms with Gasteiger partial charge < -0.3 is 5.11 Å². The van der Waals surface area contributed by atoms with E-state index in [1.807, 2.05) is 0 Å². The molecule has 0 fully saturated rings. The van der Waals surface area contributed by atoms with Crippen molar-refractivity contribution in [2.75, 3.05) is 0 Å². The molecule has 0 aliphatic rings. The third kappa shape index (κ3) is 74.0. The predicted molar refractivity (Wildman–Crippen MR) is 42.0 cm³/mol. The van der Waals surface area contributed by atoms with Gasteiger partial charge in [-0.2, -0.15) is 0 Å². The topological polar surface area (TPSA) is 37.3 Å². The van der Waals surface area contributed by atoms with Gasteiger partial charge >= 0.3 is 0 Å². The van der Waals surface area contributed by atoms with Crippen molar-refractivity contribution < 1.29 is 9.90 Å². The van der Waals surface area contributed by atoms with E-state index in [-0.39, 0.29) is 0 Å². The Kier molecular flexibility index (Phi) is 10.3. The molecule has 0 aromatic carbocycles. The molecule has 0 spiro atoms. The first-order valence-corrected chi connectivity index (χ1v) is 3.75. The summed E-state index contributed by atoms with van der Waals surface area (Å²) in [4.78, 5) is 9.70. The fourth-order valence-corrected chi connectivity index (χ4v) is 0. The lowest BCUT2D eigenvalue weighted by atomic mass is 10.4. The molecule has 0 aromatic rings. The maximum atomic E-state index is 9.00. The van der Waals surface area contributed by atoms with Crippen LogP contribution in [0.1, 0.15) is 27.2 Å². The molecule has 2 nitrogen and oxygen atoms in total. The molecule has 0 aliphatic carbocycles. The highest BCUT2D eigenvalue weighted by molar-refractivity contribution is 9.09. The number of alkyl halides is 1. The Morgan fingerprint density at radius 2 is 1.89 bits per heavy atom. The molecule has 0 bridgehead atoms. The molecule has 1 unspecified atom stereocenters. The Labute approximate surface area is 64.4 Å². The minimum absolute atomic E-state index is 0.697. The van der Waals surface area contributed by atoms with Gasteiger partial charge in [0.15, 0.2) is 0 Å². The molecule has 9 heavy (non-hydrogen) atoms. The number of hydrogen-bond donors (Lipinski definition) is 1. The lowest BCUT2D eigenvalue weighted by Crippen LogP contribution is -1.80. The molecule has 56 valence electrons. The van der Waals surface area contributed by atoms with Crippen molar-refractivity contribution in [2.24, 2.45) is 0 Å². The average Bonchev–Trinajstić information content (AvgIpc) is 1.65. The third-order valence-corrected chi connectivity index (χ3v) is 1.21. The lowest BCUT2D eigenvalue weighted by Gasteiger charge is -1.88. The van der Waals surface area contributed by atoms with Gasteiger partial charge in [0.2, 0.25) is 0 Å². The van der Waals surface area contributed by atoms with Gasteiger partial charge in [-0.3, -0.25) is 4.79 Å². The second kappa shape index (κ2) is 7.95. The van der Waals surface area contributed by atoms with E-state index >= 15 is 0 Å². The summed E-state index contributed by atoms with van der Waals surface area (Å²) in [6.45, 7) is 5.37. The van der Waals surface area contributed by atoms with Crippen molar-refractivity contribution in [3.05, 3.63) is 0 Å². The number of carbonyl (C=O) groups is 1. The minimum Gasteiger partial charge on any atom is -0.481 e. The number of hydrogen-bond acceptors (Lipinski definition) is 1.